The summed E-state index contributed by atoms with van der Waals surface area (Å²) in [6, 6.07) is 13.6. The van der Waals surface area contributed by atoms with Gasteiger partial charge in [0.1, 0.15) is 12.4 Å². The Labute approximate surface area is 190 Å². The van der Waals surface area contributed by atoms with Crippen molar-refractivity contribution in [3.63, 3.8) is 0 Å². The maximum absolute atomic E-state index is 13.1. The number of piperazine rings is 1. The average Bonchev–Trinajstić information content (AvgIpc) is 2.84. The van der Waals surface area contributed by atoms with Crippen molar-refractivity contribution in [2.24, 2.45) is 7.05 Å². The van der Waals surface area contributed by atoms with Crippen LogP contribution >= 0.6 is 0 Å². The van der Waals surface area contributed by atoms with Gasteiger partial charge in [-0.2, -0.15) is 0 Å². The van der Waals surface area contributed by atoms with Crippen LogP contribution in [0.4, 0.5) is 10.1 Å². The Morgan fingerprint density at radius 2 is 1.61 bits per heavy atom. The molecule has 0 unspecified atom stereocenters. The molecular formula is C24H28FN5O3. The molecule has 9 heteroatoms. The third-order valence-corrected chi connectivity index (χ3v) is 6.11. The number of hydrogen-bond acceptors (Lipinski definition) is 5. The van der Waals surface area contributed by atoms with Gasteiger partial charge in [-0.05, 0) is 49.4 Å². The van der Waals surface area contributed by atoms with Gasteiger partial charge in [0.15, 0.2) is 0 Å². The van der Waals surface area contributed by atoms with Gasteiger partial charge in [0.05, 0.1) is 11.0 Å². The SMILES string of the molecule is Cn1c(=O)c(=O)n(CC(=O)NCCCN2CCN(c3ccc(F)cc3)CC2)c2ccccc21. The first-order valence-corrected chi connectivity index (χ1v) is 11.1. The van der Waals surface area contributed by atoms with Gasteiger partial charge in [-0.1, -0.05) is 12.1 Å². The smallest absolute Gasteiger partial charge is 0.317 e. The number of carbonyl (C=O) groups excluding carboxylic acids is 1. The van der Waals surface area contributed by atoms with Gasteiger partial charge in [-0.25, -0.2) is 4.39 Å². The van der Waals surface area contributed by atoms with Crippen LogP contribution in [0.25, 0.3) is 11.0 Å². The van der Waals surface area contributed by atoms with Gasteiger partial charge in [0, 0.05) is 45.5 Å². The summed E-state index contributed by atoms with van der Waals surface area (Å²) in [5, 5.41) is 2.86. The lowest BCUT2D eigenvalue weighted by Crippen LogP contribution is -2.47. The van der Waals surface area contributed by atoms with Crippen molar-refractivity contribution in [3.8, 4) is 0 Å². The number of para-hydroxylation sites is 2. The zero-order chi connectivity index (χ0) is 23.4. The molecule has 1 aliphatic heterocycles. The zero-order valence-electron chi connectivity index (χ0n) is 18.7. The second-order valence-electron chi connectivity index (χ2n) is 8.25. The number of hydrogen-bond donors (Lipinski definition) is 1. The second kappa shape index (κ2) is 9.99. The summed E-state index contributed by atoms with van der Waals surface area (Å²) in [4.78, 5) is 41.7. The lowest BCUT2D eigenvalue weighted by molar-refractivity contribution is -0.121. The molecule has 174 valence electrons. The molecule has 1 saturated heterocycles. The fourth-order valence-corrected chi connectivity index (χ4v) is 4.22. The number of anilines is 1. The van der Waals surface area contributed by atoms with E-state index in [1.165, 1.54) is 21.3 Å². The highest BCUT2D eigenvalue weighted by atomic mass is 19.1. The molecule has 1 N–H and O–H groups in total. The Balaban J connectivity index is 1.25. The zero-order valence-corrected chi connectivity index (χ0v) is 18.7. The minimum Gasteiger partial charge on any atom is -0.369 e. The van der Waals surface area contributed by atoms with Crippen LogP contribution in [0.5, 0.6) is 0 Å². The van der Waals surface area contributed by atoms with Crippen molar-refractivity contribution in [2.45, 2.75) is 13.0 Å². The van der Waals surface area contributed by atoms with E-state index in [4.69, 9.17) is 0 Å². The van der Waals surface area contributed by atoms with E-state index in [9.17, 15) is 18.8 Å². The monoisotopic (exact) mass is 453 g/mol. The Hall–Kier alpha value is -3.46. The van der Waals surface area contributed by atoms with E-state index in [1.807, 2.05) is 0 Å². The fourth-order valence-electron chi connectivity index (χ4n) is 4.22. The van der Waals surface area contributed by atoms with Crippen LogP contribution in [0, 0.1) is 5.82 Å². The molecule has 0 bridgehead atoms. The number of nitrogens with zero attached hydrogens (tertiary/aromatic N) is 4. The van der Waals surface area contributed by atoms with Crippen molar-refractivity contribution >= 4 is 22.6 Å². The van der Waals surface area contributed by atoms with Crippen LogP contribution in [0.3, 0.4) is 0 Å². The maximum Gasteiger partial charge on any atom is 0.317 e. The van der Waals surface area contributed by atoms with Gasteiger partial charge < -0.3 is 14.8 Å². The molecule has 2 heterocycles. The van der Waals surface area contributed by atoms with Crippen LogP contribution in [-0.2, 0) is 18.4 Å². The Bertz CT molecular complexity index is 1240. The molecule has 3 aromatic rings. The molecule has 8 nitrogen and oxygen atoms in total. The van der Waals surface area contributed by atoms with Crippen LogP contribution in [-0.4, -0.2) is 59.2 Å². The summed E-state index contributed by atoms with van der Waals surface area (Å²) in [6.45, 7) is 4.71. The lowest BCUT2D eigenvalue weighted by Gasteiger charge is -2.36. The van der Waals surface area contributed by atoms with Crippen LogP contribution in [0.1, 0.15) is 6.42 Å². The van der Waals surface area contributed by atoms with E-state index in [0.717, 1.165) is 44.8 Å². The first kappa shape index (κ1) is 22.7. The van der Waals surface area contributed by atoms with Gasteiger partial charge in [0.2, 0.25) is 5.91 Å². The molecule has 0 atom stereocenters. The number of aromatic nitrogens is 2. The number of benzene rings is 2. The highest BCUT2D eigenvalue weighted by Crippen LogP contribution is 2.17. The number of halogens is 1. The Morgan fingerprint density at radius 1 is 0.939 bits per heavy atom. The van der Waals surface area contributed by atoms with Gasteiger partial charge in [-0.15, -0.1) is 0 Å². The van der Waals surface area contributed by atoms with Crippen molar-refractivity contribution in [1.82, 2.24) is 19.4 Å². The third kappa shape index (κ3) is 5.14. The first-order chi connectivity index (χ1) is 15.9. The normalized spacial score (nSPS) is 14.5. The molecule has 0 saturated carbocycles. The van der Waals surface area contributed by atoms with Crippen LogP contribution in [0.15, 0.2) is 58.1 Å². The molecule has 0 radical (unpaired) electrons. The number of carbonyl (C=O) groups is 1. The highest BCUT2D eigenvalue weighted by Gasteiger charge is 2.17. The quantitative estimate of drug-likeness (QED) is 0.429. The summed E-state index contributed by atoms with van der Waals surface area (Å²) in [5.41, 5.74) is 0.835. The Morgan fingerprint density at radius 3 is 2.30 bits per heavy atom. The maximum atomic E-state index is 13.1. The highest BCUT2D eigenvalue weighted by molar-refractivity contribution is 5.80. The number of aryl methyl sites for hydroxylation is 1. The Kier molecular flexibility index (Phi) is 6.88. The van der Waals surface area contributed by atoms with E-state index in [1.54, 1.807) is 43.4 Å². The number of amides is 1. The fraction of sp³-hybridized carbons (Fsp3) is 0.375. The van der Waals surface area contributed by atoms with Crippen LogP contribution in [0.2, 0.25) is 0 Å². The predicted octanol–water partition coefficient (Wildman–Crippen LogP) is 1.17. The summed E-state index contributed by atoms with van der Waals surface area (Å²) in [5.74, 6) is -0.524. The molecule has 4 rings (SSSR count). The lowest BCUT2D eigenvalue weighted by atomic mass is 10.2. The number of nitrogens with one attached hydrogen (secondary N) is 1. The van der Waals surface area contributed by atoms with Crippen LogP contribution < -0.4 is 21.3 Å². The molecule has 2 aromatic carbocycles. The predicted molar refractivity (Wildman–Crippen MR) is 126 cm³/mol. The standard InChI is InChI=1S/C24H28FN5O3/c1-27-20-5-2-3-6-21(20)30(24(33)23(27)32)17-22(31)26-11-4-12-28-13-15-29(16-14-28)19-9-7-18(25)8-10-19/h2-3,5-10H,4,11-17H2,1H3,(H,26,31). The average molecular weight is 454 g/mol. The van der Waals surface area contributed by atoms with Gasteiger partial charge in [0.25, 0.3) is 0 Å². The molecule has 1 aromatic heterocycles. The van der Waals surface area contributed by atoms with E-state index >= 15 is 0 Å². The minimum atomic E-state index is -0.703. The molecular weight excluding hydrogens is 425 g/mol. The molecule has 1 fully saturated rings. The van der Waals surface area contributed by atoms with E-state index in [2.05, 4.69) is 15.1 Å². The van der Waals surface area contributed by atoms with Crippen molar-refractivity contribution < 1.29 is 9.18 Å². The topological polar surface area (TPSA) is 79.6 Å². The molecule has 1 aliphatic rings. The second-order valence-corrected chi connectivity index (χ2v) is 8.25. The number of fused-ring (bicyclic) bond motifs is 1. The van der Waals surface area contributed by atoms with Crippen molar-refractivity contribution in [2.75, 3.05) is 44.2 Å². The summed E-state index contributed by atoms with van der Waals surface area (Å²) < 4.78 is 15.6. The largest absolute Gasteiger partial charge is 0.369 e. The molecule has 1 amide bonds. The minimum absolute atomic E-state index is 0.189. The summed E-state index contributed by atoms with van der Waals surface area (Å²) in [6.07, 6.45) is 0.786. The van der Waals surface area contributed by atoms with E-state index in [0.29, 0.717) is 17.6 Å². The molecule has 0 aliphatic carbocycles. The van der Waals surface area contributed by atoms with Crippen molar-refractivity contribution in [3.05, 3.63) is 75.1 Å². The van der Waals surface area contributed by atoms with Crippen molar-refractivity contribution in [1.29, 1.82) is 0 Å². The number of rotatable bonds is 7. The van der Waals surface area contributed by atoms with Gasteiger partial charge in [-0.3, -0.25) is 23.9 Å². The summed E-state index contributed by atoms with van der Waals surface area (Å²) in [7, 11) is 1.55. The first-order valence-electron chi connectivity index (χ1n) is 11.1. The third-order valence-electron chi connectivity index (χ3n) is 6.11. The van der Waals surface area contributed by atoms with Gasteiger partial charge >= 0.3 is 11.1 Å². The molecule has 0 spiro atoms. The van der Waals surface area contributed by atoms with E-state index < -0.39 is 11.1 Å². The summed E-state index contributed by atoms with van der Waals surface area (Å²) >= 11 is 0. The van der Waals surface area contributed by atoms with E-state index in [-0.39, 0.29) is 18.3 Å². The molecule has 33 heavy (non-hydrogen) atoms.